The van der Waals surface area contributed by atoms with Crippen molar-refractivity contribution in [2.75, 3.05) is 0 Å². The molecular formula is C43H52HfSi. The molecule has 0 heterocycles. The fraction of sp³-hybridized carbons (Fsp3) is 0.349. The number of unbranched alkanes of at least 4 members (excludes halogenated alkanes) is 3. The maximum atomic E-state index is 2.90. The van der Waals surface area contributed by atoms with E-state index in [4.69, 9.17) is 0 Å². The summed E-state index contributed by atoms with van der Waals surface area (Å²) in [5, 5.41) is 0. The van der Waals surface area contributed by atoms with Crippen molar-refractivity contribution in [1.29, 1.82) is 0 Å². The van der Waals surface area contributed by atoms with Crippen LogP contribution in [0.15, 0.2) is 84.9 Å². The van der Waals surface area contributed by atoms with Crippen molar-refractivity contribution in [1.82, 2.24) is 0 Å². The van der Waals surface area contributed by atoms with Crippen molar-refractivity contribution in [3.8, 4) is 22.3 Å². The zero-order valence-electron chi connectivity index (χ0n) is 28.9. The maximum absolute atomic E-state index is 3.85. The number of hydrogen-bond acceptors (Lipinski definition) is 0. The minimum absolute atomic E-state index is 0.567. The van der Waals surface area contributed by atoms with Crippen LogP contribution in [0.25, 0.3) is 34.4 Å². The summed E-state index contributed by atoms with van der Waals surface area (Å²) in [5.41, 5.74) is 16.7. The molecule has 2 aliphatic carbocycles. The molecule has 232 valence electrons. The Morgan fingerprint density at radius 2 is 1.02 bits per heavy atom. The standard InChI is InChI=1S/2C17H15.C7H16Si.2CH3.Hf/c2*1-12-6-3-9-15(13(12)2)17-11-5-8-14-7-4-10-16(14)17;1-3-4-5-6-7-8-2;;;/h2*3-11H,1-2H3;3-7H2,1-2H3;2*1H3;. The van der Waals surface area contributed by atoms with E-state index in [1.54, 1.807) is 11.1 Å². The van der Waals surface area contributed by atoms with E-state index in [1.165, 1.54) is 87.4 Å². The summed E-state index contributed by atoms with van der Waals surface area (Å²) in [5.74, 6) is 0. The molecule has 0 fully saturated rings. The Balaban J connectivity index is 1.54. The quantitative estimate of drug-likeness (QED) is 0.117. The molecule has 2 aliphatic rings. The van der Waals surface area contributed by atoms with Crippen molar-refractivity contribution in [3.63, 3.8) is 0 Å². The third-order valence-corrected chi connectivity index (χ3v) is 70.3. The predicted octanol–water partition coefficient (Wildman–Crippen LogP) is 13.1. The van der Waals surface area contributed by atoms with Gasteiger partial charge in [0, 0.05) is 0 Å². The van der Waals surface area contributed by atoms with Crippen LogP contribution in [0.3, 0.4) is 0 Å². The molecule has 0 bridgehead atoms. The topological polar surface area (TPSA) is 0 Å². The molecule has 0 aliphatic heterocycles. The Labute approximate surface area is 274 Å². The number of hydrogen-bond donors (Lipinski definition) is 0. The van der Waals surface area contributed by atoms with Gasteiger partial charge in [-0.05, 0) is 0 Å². The van der Waals surface area contributed by atoms with E-state index in [-0.39, 0.29) is 0 Å². The fourth-order valence-corrected chi connectivity index (χ4v) is 52.3. The molecule has 0 N–H and O–H groups in total. The monoisotopic (exact) mass is 776 g/mol. The Morgan fingerprint density at radius 3 is 1.49 bits per heavy atom. The van der Waals surface area contributed by atoms with Gasteiger partial charge in [-0.1, -0.05) is 0 Å². The summed E-state index contributed by atoms with van der Waals surface area (Å²) in [7, 11) is 0. The number of benzene rings is 4. The predicted molar refractivity (Wildman–Crippen MR) is 199 cm³/mol. The first-order valence-corrected chi connectivity index (χ1v) is 36.3. The van der Waals surface area contributed by atoms with E-state index < -0.39 is 22.6 Å². The van der Waals surface area contributed by atoms with Crippen molar-refractivity contribution in [3.05, 3.63) is 129 Å². The van der Waals surface area contributed by atoms with E-state index in [0.29, 0.717) is 7.35 Å². The van der Waals surface area contributed by atoms with Crippen molar-refractivity contribution in [2.45, 2.75) is 89.6 Å². The second-order valence-corrected chi connectivity index (χ2v) is 62.4. The van der Waals surface area contributed by atoms with Gasteiger partial charge in [-0.2, -0.15) is 0 Å². The summed E-state index contributed by atoms with van der Waals surface area (Å²) < 4.78 is 6.93. The van der Waals surface area contributed by atoms with Gasteiger partial charge in [-0.15, -0.1) is 0 Å². The van der Waals surface area contributed by atoms with E-state index in [1.807, 2.05) is 0 Å². The second kappa shape index (κ2) is 12.6. The molecule has 4 aromatic rings. The molecule has 4 aromatic carbocycles. The molecule has 0 nitrogen and oxygen atoms in total. The number of rotatable bonds is 9. The summed E-state index contributed by atoms with van der Waals surface area (Å²) >= 11 is -3.85. The summed E-state index contributed by atoms with van der Waals surface area (Å²) in [6.07, 6.45) is 15.9. The molecule has 45 heavy (non-hydrogen) atoms. The van der Waals surface area contributed by atoms with Crippen LogP contribution in [0.1, 0.15) is 84.5 Å². The molecule has 2 unspecified atom stereocenters. The van der Waals surface area contributed by atoms with Crippen molar-refractivity contribution < 1.29 is 17.1 Å². The van der Waals surface area contributed by atoms with Crippen molar-refractivity contribution in [2.24, 2.45) is 0 Å². The molecule has 0 amide bonds. The van der Waals surface area contributed by atoms with E-state index in [2.05, 4.69) is 148 Å². The van der Waals surface area contributed by atoms with Crippen LogP contribution in [0.2, 0.25) is 22.0 Å². The van der Waals surface area contributed by atoms with Gasteiger partial charge in [-0.3, -0.25) is 0 Å². The number of fused-ring (bicyclic) bond motifs is 2. The SMILES string of the molecule is CCCCCC[Si](C)=[Hf]([CH3])([CH3])([CH]1C=Cc2c(-c3cccc(C)c3C)cccc21)[CH]1C=Cc2c(-c3cccc(C)c3C)cccc21. The zero-order chi connectivity index (χ0) is 32.0. The van der Waals surface area contributed by atoms with Gasteiger partial charge in [-0.25, -0.2) is 0 Å². The molecule has 0 aromatic heterocycles. The molecule has 2 heteroatoms. The summed E-state index contributed by atoms with van der Waals surface area (Å²) in [6, 6.07) is 29.5. The Hall–Kier alpha value is -2.55. The van der Waals surface area contributed by atoms with Crippen LogP contribution in [-0.4, -0.2) is 5.49 Å². The van der Waals surface area contributed by atoms with Gasteiger partial charge in [0.1, 0.15) is 0 Å². The van der Waals surface area contributed by atoms with Crippen LogP contribution >= 0.6 is 0 Å². The molecule has 0 spiro atoms. The van der Waals surface area contributed by atoms with Crippen LogP contribution < -0.4 is 0 Å². The van der Waals surface area contributed by atoms with Gasteiger partial charge >= 0.3 is 276 Å². The first kappa shape index (κ1) is 32.4. The minimum atomic E-state index is -3.85. The molecule has 0 radical (unpaired) electrons. The van der Waals surface area contributed by atoms with E-state index in [9.17, 15) is 0 Å². The van der Waals surface area contributed by atoms with E-state index >= 15 is 0 Å². The molecule has 2 atom stereocenters. The third kappa shape index (κ3) is 5.38. The second-order valence-electron chi connectivity index (χ2n) is 15.0. The molecule has 0 saturated carbocycles. The average Bonchev–Trinajstić information content (AvgIpc) is 3.68. The van der Waals surface area contributed by atoms with Gasteiger partial charge in [0.25, 0.3) is 0 Å². The van der Waals surface area contributed by atoms with Gasteiger partial charge in [0.15, 0.2) is 0 Å². The van der Waals surface area contributed by atoms with Crippen molar-refractivity contribution >= 4 is 17.6 Å². The van der Waals surface area contributed by atoms with Crippen LogP contribution in [-0.2, 0) is 17.1 Å². The first-order valence-electron chi connectivity index (χ1n) is 17.4. The molecule has 6 rings (SSSR count). The number of allylic oxidation sites excluding steroid dienone is 2. The van der Waals surface area contributed by atoms with E-state index in [0.717, 1.165) is 0 Å². The van der Waals surface area contributed by atoms with Crippen LogP contribution in [0.5, 0.6) is 0 Å². The van der Waals surface area contributed by atoms with Crippen LogP contribution in [0, 0.1) is 27.7 Å². The Kier molecular flexibility index (Phi) is 9.05. The van der Waals surface area contributed by atoms with Gasteiger partial charge in [0.05, 0.1) is 0 Å². The third-order valence-electron chi connectivity index (χ3n) is 12.3. The molecular weight excluding hydrogens is 723 g/mol. The zero-order valence-corrected chi connectivity index (χ0v) is 33.5. The van der Waals surface area contributed by atoms with Crippen LogP contribution in [0.4, 0.5) is 0 Å². The summed E-state index contributed by atoms with van der Waals surface area (Å²) in [4.78, 5) is 0. The Bertz CT molecular complexity index is 1790. The Morgan fingerprint density at radius 1 is 0.578 bits per heavy atom. The summed E-state index contributed by atoms with van der Waals surface area (Å²) in [6.45, 7) is 14.2. The van der Waals surface area contributed by atoms with Gasteiger partial charge in [0.2, 0.25) is 0 Å². The van der Waals surface area contributed by atoms with Gasteiger partial charge < -0.3 is 0 Å². The average molecular weight is 775 g/mol. The normalized spacial score (nSPS) is 17.1. The fourth-order valence-electron chi connectivity index (χ4n) is 8.71. The molecule has 0 saturated heterocycles. The number of aryl methyl sites for hydroxylation is 2. The first-order chi connectivity index (χ1) is 21.6.